The van der Waals surface area contributed by atoms with Crippen LogP contribution in [0.15, 0.2) is 48.8 Å². The van der Waals surface area contributed by atoms with Gasteiger partial charge in [0, 0.05) is 25.0 Å². The maximum atomic E-state index is 13.3. The molecule has 1 saturated carbocycles. The van der Waals surface area contributed by atoms with E-state index in [0.29, 0.717) is 35.3 Å². The number of alkyl halides is 3. The van der Waals surface area contributed by atoms with Crippen LogP contribution in [0.1, 0.15) is 78.8 Å². The lowest BCUT2D eigenvalue weighted by Crippen LogP contribution is -2.35. The van der Waals surface area contributed by atoms with Crippen LogP contribution in [0.3, 0.4) is 0 Å². The Morgan fingerprint density at radius 2 is 1.86 bits per heavy atom. The summed E-state index contributed by atoms with van der Waals surface area (Å²) in [6.45, 7) is 2.94. The van der Waals surface area contributed by atoms with Gasteiger partial charge in [-0.25, -0.2) is 14.8 Å². The predicted octanol–water partition coefficient (Wildman–Crippen LogP) is 6.32. The molecule has 0 radical (unpaired) electrons. The van der Waals surface area contributed by atoms with Gasteiger partial charge in [0.15, 0.2) is 11.5 Å². The minimum atomic E-state index is -4.44. The molecule has 2 aliphatic rings. The molecule has 1 unspecified atom stereocenters. The summed E-state index contributed by atoms with van der Waals surface area (Å²) >= 11 is 0. The fourth-order valence-corrected chi connectivity index (χ4v) is 5.94. The van der Waals surface area contributed by atoms with E-state index in [4.69, 9.17) is 4.98 Å². The van der Waals surface area contributed by atoms with Crippen molar-refractivity contribution in [3.8, 4) is 0 Å². The van der Waals surface area contributed by atoms with E-state index in [-0.39, 0.29) is 30.1 Å². The van der Waals surface area contributed by atoms with Crippen molar-refractivity contribution in [2.24, 2.45) is 5.92 Å². The lowest BCUT2D eigenvalue weighted by Gasteiger charge is -2.37. The van der Waals surface area contributed by atoms with E-state index < -0.39 is 17.7 Å². The third-order valence-electron chi connectivity index (χ3n) is 8.45. The number of carboxylic acids is 1. The molecule has 0 bridgehead atoms. The van der Waals surface area contributed by atoms with E-state index in [1.165, 1.54) is 12.1 Å². The number of carboxylic acid groups (broad SMARTS) is 1. The molecule has 0 spiro atoms. The summed E-state index contributed by atoms with van der Waals surface area (Å²) in [6.07, 6.45) is 5.23. The normalized spacial score (nSPS) is 18.6. The van der Waals surface area contributed by atoms with Crippen molar-refractivity contribution in [2.75, 3.05) is 16.8 Å². The molecule has 9 nitrogen and oxygen atoms in total. The molecule has 2 fully saturated rings. The number of piperidine rings is 1. The fourth-order valence-electron chi connectivity index (χ4n) is 5.94. The highest BCUT2D eigenvalue weighted by molar-refractivity contribution is 5.92. The van der Waals surface area contributed by atoms with Gasteiger partial charge in [0.25, 0.3) is 0 Å². The molecule has 2 N–H and O–H groups in total. The van der Waals surface area contributed by atoms with Crippen molar-refractivity contribution in [2.45, 2.75) is 70.3 Å². The Bertz CT molecular complexity index is 1570. The SMILES string of the molecule is C[C@@H](Nc1nc(C(=O)O)nc2nc(N3CCCCC3c3cccnc3)n(Cc3ccc(C(F)(F)F)cc3)c12)C1CCC1. The molecule has 220 valence electrons. The van der Waals surface area contributed by atoms with E-state index in [2.05, 4.69) is 32.1 Å². The molecule has 1 aliphatic carbocycles. The van der Waals surface area contributed by atoms with Gasteiger partial charge in [-0.15, -0.1) is 0 Å². The van der Waals surface area contributed by atoms with Crippen LogP contribution in [0, 0.1) is 5.92 Å². The van der Waals surface area contributed by atoms with Crippen molar-refractivity contribution < 1.29 is 23.1 Å². The first-order valence-corrected chi connectivity index (χ1v) is 14.3. The third-order valence-corrected chi connectivity index (χ3v) is 8.45. The maximum Gasteiger partial charge on any atom is 0.416 e. The summed E-state index contributed by atoms with van der Waals surface area (Å²) in [5.41, 5.74) is 1.69. The summed E-state index contributed by atoms with van der Waals surface area (Å²) < 4.78 is 41.8. The maximum absolute atomic E-state index is 13.3. The number of fused-ring (bicyclic) bond motifs is 1. The molecular formula is C30H32F3N7O2. The first-order valence-electron chi connectivity index (χ1n) is 14.3. The zero-order valence-electron chi connectivity index (χ0n) is 23.2. The Morgan fingerprint density at radius 1 is 1.07 bits per heavy atom. The molecule has 12 heteroatoms. The lowest BCUT2D eigenvalue weighted by atomic mass is 9.80. The second kappa shape index (κ2) is 11.2. The van der Waals surface area contributed by atoms with Crippen LogP contribution >= 0.6 is 0 Å². The molecular weight excluding hydrogens is 547 g/mol. The number of nitrogens with one attached hydrogen (secondary N) is 1. The van der Waals surface area contributed by atoms with Gasteiger partial charge in [0.05, 0.1) is 18.2 Å². The molecule has 42 heavy (non-hydrogen) atoms. The van der Waals surface area contributed by atoms with Gasteiger partial charge in [0.2, 0.25) is 11.8 Å². The zero-order valence-corrected chi connectivity index (χ0v) is 23.2. The molecule has 1 saturated heterocycles. The van der Waals surface area contributed by atoms with Crippen molar-refractivity contribution in [3.05, 3.63) is 71.3 Å². The van der Waals surface area contributed by atoms with E-state index >= 15 is 0 Å². The summed E-state index contributed by atoms with van der Waals surface area (Å²) in [4.78, 5) is 32.1. The van der Waals surface area contributed by atoms with E-state index in [9.17, 15) is 23.1 Å². The topological polar surface area (TPSA) is 109 Å². The Balaban J connectivity index is 1.51. The molecule has 4 heterocycles. The number of rotatable bonds is 8. The number of hydrogen-bond donors (Lipinski definition) is 2. The second-order valence-electron chi connectivity index (χ2n) is 11.2. The minimum absolute atomic E-state index is 0.0344. The molecule has 6 rings (SSSR count). The molecule has 0 amide bonds. The smallest absolute Gasteiger partial charge is 0.416 e. The first kappa shape index (κ1) is 27.9. The van der Waals surface area contributed by atoms with Gasteiger partial charge < -0.3 is 19.9 Å². The molecule has 4 aromatic rings. The Hall–Kier alpha value is -4.22. The van der Waals surface area contributed by atoms with Gasteiger partial charge >= 0.3 is 12.1 Å². The van der Waals surface area contributed by atoms with Gasteiger partial charge in [-0.05, 0) is 74.3 Å². The van der Waals surface area contributed by atoms with Gasteiger partial charge in [-0.2, -0.15) is 18.2 Å². The van der Waals surface area contributed by atoms with E-state index in [1.54, 1.807) is 6.20 Å². The molecule has 3 aromatic heterocycles. The van der Waals surface area contributed by atoms with Crippen LogP contribution in [0.2, 0.25) is 0 Å². The zero-order chi connectivity index (χ0) is 29.4. The van der Waals surface area contributed by atoms with Crippen LogP contribution in [0.4, 0.5) is 24.9 Å². The predicted molar refractivity (Wildman–Crippen MR) is 151 cm³/mol. The number of hydrogen-bond acceptors (Lipinski definition) is 7. The van der Waals surface area contributed by atoms with Crippen molar-refractivity contribution in [1.82, 2.24) is 24.5 Å². The van der Waals surface area contributed by atoms with E-state index in [1.807, 2.05) is 22.9 Å². The average Bonchev–Trinajstić information content (AvgIpc) is 3.30. The monoisotopic (exact) mass is 579 g/mol. The quantitative estimate of drug-likeness (QED) is 0.250. The highest BCUT2D eigenvalue weighted by Crippen LogP contribution is 2.38. The number of aromatic nitrogens is 5. The number of aromatic carboxylic acids is 1. The van der Waals surface area contributed by atoms with Crippen LogP contribution in [-0.2, 0) is 12.7 Å². The van der Waals surface area contributed by atoms with Crippen molar-refractivity contribution in [3.63, 3.8) is 0 Å². The highest BCUT2D eigenvalue weighted by Gasteiger charge is 2.33. The Morgan fingerprint density at radius 3 is 2.50 bits per heavy atom. The summed E-state index contributed by atoms with van der Waals surface area (Å²) in [7, 11) is 0. The summed E-state index contributed by atoms with van der Waals surface area (Å²) in [6, 6.07) is 8.99. The summed E-state index contributed by atoms with van der Waals surface area (Å²) in [5.74, 6) is -0.265. The number of benzene rings is 1. The minimum Gasteiger partial charge on any atom is -0.475 e. The lowest BCUT2D eigenvalue weighted by molar-refractivity contribution is -0.137. The second-order valence-corrected chi connectivity index (χ2v) is 11.2. The largest absolute Gasteiger partial charge is 0.475 e. The molecule has 1 aliphatic heterocycles. The first-order chi connectivity index (χ1) is 20.2. The van der Waals surface area contributed by atoms with E-state index in [0.717, 1.165) is 56.2 Å². The van der Waals surface area contributed by atoms with Gasteiger partial charge in [-0.3, -0.25) is 4.98 Å². The number of halogens is 3. The number of carbonyl (C=O) groups is 1. The van der Waals surface area contributed by atoms with Crippen LogP contribution in [0.25, 0.3) is 11.2 Å². The average molecular weight is 580 g/mol. The van der Waals surface area contributed by atoms with Crippen molar-refractivity contribution >= 4 is 28.9 Å². The summed E-state index contributed by atoms with van der Waals surface area (Å²) in [5, 5.41) is 13.3. The molecule has 1 aromatic carbocycles. The number of imidazole rings is 1. The van der Waals surface area contributed by atoms with Crippen LogP contribution in [0.5, 0.6) is 0 Å². The number of anilines is 2. The standard InChI is InChI=1S/C30H32F3N7O2/c1-18(20-6-4-7-20)35-25-24-26(37-27(36-25)28(41)42)38-29(39-15-3-2-9-23(39)21-8-5-14-34-16-21)40(24)17-19-10-12-22(13-11-19)30(31,32)33/h5,8,10-14,16,18,20,23H,2-4,6-7,9,15,17H2,1H3,(H,41,42)(H,35,36,37)/t18-,23?/m1/s1. The Labute approximate surface area is 240 Å². The Kier molecular flexibility index (Phi) is 7.46. The number of pyridine rings is 1. The third kappa shape index (κ3) is 5.49. The van der Waals surface area contributed by atoms with Crippen LogP contribution < -0.4 is 10.2 Å². The van der Waals surface area contributed by atoms with Crippen molar-refractivity contribution in [1.29, 1.82) is 0 Å². The fraction of sp³-hybridized carbons (Fsp3) is 0.433. The molecule has 2 atom stereocenters. The number of nitrogens with zero attached hydrogens (tertiary/aromatic N) is 6. The van der Waals surface area contributed by atoms with Gasteiger partial charge in [-0.1, -0.05) is 24.6 Å². The highest BCUT2D eigenvalue weighted by atomic mass is 19.4. The van der Waals surface area contributed by atoms with Gasteiger partial charge in [0.1, 0.15) is 5.52 Å². The van der Waals surface area contributed by atoms with Crippen LogP contribution in [-0.4, -0.2) is 48.2 Å².